The number of carbonyl (C=O) groups is 1. The van der Waals surface area contributed by atoms with Crippen LogP contribution in [-0.2, 0) is 4.79 Å². The monoisotopic (exact) mass is 350 g/mol. The van der Waals surface area contributed by atoms with Gasteiger partial charge in [-0.25, -0.2) is 0 Å². The molecular weight excluding hydrogens is 324 g/mol. The molecule has 1 fully saturated rings. The van der Waals surface area contributed by atoms with Gasteiger partial charge in [0.05, 0.1) is 18.3 Å². The van der Waals surface area contributed by atoms with E-state index >= 15 is 0 Å². The molecule has 2 heterocycles. The number of para-hydroxylation sites is 2. The van der Waals surface area contributed by atoms with Crippen molar-refractivity contribution in [2.75, 3.05) is 24.6 Å². The quantitative estimate of drug-likeness (QED) is 0.838. The summed E-state index contributed by atoms with van der Waals surface area (Å²) in [4.78, 5) is 17.7. The van der Waals surface area contributed by atoms with Crippen molar-refractivity contribution in [3.8, 4) is 5.75 Å². The first-order valence-corrected chi connectivity index (χ1v) is 9.57. The lowest BCUT2D eigenvalue weighted by Gasteiger charge is -2.40. The van der Waals surface area contributed by atoms with E-state index in [-0.39, 0.29) is 11.9 Å². The normalized spacial score (nSPS) is 23.2. The fourth-order valence-electron chi connectivity index (χ4n) is 4.06. The Morgan fingerprint density at radius 3 is 2.65 bits per heavy atom. The molecule has 2 aromatic rings. The number of amides is 1. The Balaban J connectivity index is 1.65. The van der Waals surface area contributed by atoms with Gasteiger partial charge in [0.15, 0.2) is 0 Å². The number of benzene rings is 2. The van der Waals surface area contributed by atoms with Crippen molar-refractivity contribution >= 4 is 11.6 Å². The van der Waals surface area contributed by atoms with Crippen LogP contribution in [0.25, 0.3) is 0 Å². The highest BCUT2D eigenvalue weighted by Crippen LogP contribution is 2.39. The van der Waals surface area contributed by atoms with Crippen LogP contribution in [0.15, 0.2) is 54.6 Å². The number of ether oxygens (including phenoxy) is 1. The van der Waals surface area contributed by atoms with E-state index in [1.165, 1.54) is 19.3 Å². The topological polar surface area (TPSA) is 32.8 Å². The molecule has 2 aliphatic heterocycles. The molecule has 0 aliphatic carbocycles. The molecule has 0 aromatic heterocycles. The molecule has 0 N–H and O–H groups in total. The molecule has 0 radical (unpaired) electrons. The molecule has 2 aromatic carbocycles. The molecule has 2 aliphatic rings. The summed E-state index contributed by atoms with van der Waals surface area (Å²) in [6.07, 6.45) is 3.62. The summed E-state index contributed by atoms with van der Waals surface area (Å²) >= 11 is 0. The summed E-state index contributed by atoms with van der Waals surface area (Å²) in [7, 11) is 0. The van der Waals surface area contributed by atoms with Crippen LogP contribution < -0.4 is 9.64 Å². The molecule has 1 amide bonds. The summed E-state index contributed by atoms with van der Waals surface area (Å²) in [6, 6.07) is 18.4. The average Bonchev–Trinajstić information content (AvgIpc) is 2.69. The molecule has 0 spiro atoms. The summed E-state index contributed by atoms with van der Waals surface area (Å²) in [5, 5.41) is 0. The van der Waals surface area contributed by atoms with Gasteiger partial charge in [-0.15, -0.1) is 0 Å². The third-order valence-corrected chi connectivity index (χ3v) is 5.57. The van der Waals surface area contributed by atoms with Gasteiger partial charge in [-0.2, -0.15) is 0 Å². The number of piperidine rings is 1. The van der Waals surface area contributed by atoms with Crippen molar-refractivity contribution in [2.45, 2.75) is 38.3 Å². The maximum absolute atomic E-state index is 13.4. The molecule has 1 saturated heterocycles. The molecular formula is C22H26N2O2. The van der Waals surface area contributed by atoms with E-state index in [1.54, 1.807) is 0 Å². The zero-order valence-electron chi connectivity index (χ0n) is 15.3. The van der Waals surface area contributed by atoms with Crippen LogP contribution in [0.5, 0.6) is 5.75 Å². The number of hydrogen-bond donors (Lipinski definition) is 0. The summed E-state index contributed by atoms with van der Waals surface area (Å²) < 4.78 is 5.97. The van der Waals surface area contributed by atoms with Gasteiger partial charge in [0.2, 0.25) is 5.91 Å². The highest BCUT2D eigenvalue weighted by Gasteiger charge is 2.34. The Morgan fingerprint density at radius 2 is 1.85 bits per heavy atom. The molecule has 4 rings (SSSR count). The first-order chi connectivity index (χ1) is 12.7. The van der Waals surface area contributed by atoms with Crippen molar-refractivity contribution in [3.05, 3.63) is 60.2 Å². The van der Waals surface area contributed by atoms with Gasteiger partial charge in [0, 0.05) is 6.04 Å². The van der Waals surface area contributed by atoms with E-state index in [2.05, 4.69) is 24.0 Å². The minimum absolute atomic E-state index is 0.0845. The molecule has 4 heteroatoms. The van der Waals surface area contributed by atoms with Gasteiger partial charge in [0.25, 0.3) is 0 Å². The number of anilines is 1. The molecule has 2 atom stereocenters. The largest absolute Gasteiger partial charge is 0.489 e. The number of nitrogens with zero attached hydrogens (tertiary/aromatic N) is 2. The van der Waals surface area contributed by atoms with Crippen molar-refractivity contribution in [1.29, 1.82) is 0 Å². The second kappa shape index (κ2) is 7.50. The van der Waals surface area contributed by atoms with E-state index in [1.807, 2.05) is 47.4 Å². The number of hydrogen-bond acceptors (Lipinski definition) is 3. The Morgan fingerprint density at radius 1 is 1.08 bits per heavy atom. The number of carbonyl (C=O) groups excluding carboxylic acids is 1. The fourth-order valence-corrected chi connectivity index (χ4v) is 4.06. The van der Waals surface area contributed by atoms with Crippen molar-refractivity contribution in [1.82, 2.24) is 4.90 Å². The molecule has 0 saturated carbocycles. The van der Waals surface area contributed by atoms with Crippen molar-refractivity contribution in [2.24, 2.45) is 0 Å². The molecule has 4 nitrogen and oxygen atoms in total. The minimum Gasteiger partial charge on any atom is -0.489 e. The number of likely N-dealkylation sites (tertiary alicyclic amines) is 1. The maximum Gasteiger partial charge on any atom is 0.241 e. The Hall–Kier alpha value is -2.33. The third-order valence-electron chi connectivity index (χ3n) is 5.57. The van der Waals surface area contributed by atoms with Crippen LogP contribution in [0, 0.1) is 0 Å². The highest BCUT2D eigenvalue weighted by atomic mass is 16.5. The Kier molecular flexibility index (Phi) is 4.93. The van der Waals surface area contributed by atoms with Gasteiger partial charge in [-0.05, 0) is 44.0 Å². The second-order valence-electron chi connectivity index (χ2n) is 7.28. The lowest BCUT2D eigenvalue weighted by Crippen LogP contribution is -2.49. The maximum atomic E-state index is 13.4. The van der Waals surface area contributed by atoms with Crippen LogP contribution in [0.2, 0.25) is 0 Å². The van der Waals surface area contributed by atoms with Crippen LogP contribution in [0.3, 0.4) is 0 Å². The lowest BCUT2D eigenvalue weighted by molar-refractivity contribution is -0.121. The zero-order valence-corrected chi connectivity index (χ0v) is 15.3. The first-order valence-electron chi connectivity index (χ1n) is 9.57. The first kappa shape index (κ1) is 17.1. The average molecular weight is 350 g/mol. The minimum atomic E-state index is -0.0845. The molecule has 0 bridgehead atoms. The van der Waals surface area contributed by atoms with Crippen molar-refractivity contribution in [3.63, 3.8) is 0 Å². The smallest absolute Gasteiger partial charge is 0.241 e. The fraction of sp³-hybridized carbons (Fsp3) is 0.409. The number of rotatable bonds is 3. The third kappa shape index (κ3) is 3.34. The van der Waals surface area contributed by atoms with E-state index in [0.29, 0.717) is 19.2 Å². The van der Waals surface area contributed by atoms with Gasteiger partial charge >= 0.3 is 0 Å². The summed E-state index contributed by atoms with van der Waals surface area (Å²) in [5.74, 6) is 0.947. The zero-order chi connectivity index (χ0) is 17.9. The standard InChI is InChI=1S/C22H26N2O2/c1-17-9-7-8-14-23(17)15-22(25)24-19-12-5-6-13-21(19)26-16-20(24)18-10-3-2-4-11-18/h2-6,10-13,17,20H,7-9,14-16H2,1H3. The van der Waals surface area contributed by atoms with Gasteiger partial charge in [0.1, 0.15) is 12.4 Å². The SMILES string of the molecule is CC1CCCCN1CC(=O)N1c2ccccc2OCC1c1ccccc1. The van der Waals surface area contributed by atoms with E-state index < -0.39 is 0 Å². The second-order valence-corrected chi connectivity index (χ2v) is 7.28. The van der Waals surface area contributed by atoms with Crippen LogP contribution in [0.1, 0.15) is 37.8 Å². The van der Waals surface area contributed by atoms with Crippen molar-refractivity contribution < 1.29 is 9.53 Å². The molecule has 26 heavy (non-hydrogen) atoms. The van der Waals surface area contributed by atoms with Crippen LogP contribution in [-0.4, -0.2) is 36.5 Å². The van der Waals surface area contributed by atoms with E-state index in [0.717, 1.165) is 23.5 Å². The number of fused-ring (bicyclic) bond motifs is 1. The molecule has 136 valence electrons. The summed E-state index contributed by atoms with van der Waals surface area (Å²) in [5.41, 5.74) is 1.99. The van der Waals surface area contributed by atoms with Gasteiger partial charge < -0.3 is 4.74 Å². The van der Waals surface area contributed by atoms with Crippen LogP contribution in [0.4, 0.5) is 5.69 Å². The van der Waals surface area contributed by atoms with Gasteiger partial charge in [-0.3, -0.25) is 14.6 Å². The predicted molar refractivity (Wildman–Crippen MR) is 103 cm³/mol. The highest BCUT2D eigenvalue weighted by molar-refractivity contribution is 5.97. The lowest BCUT2D eigenvalue weighted by atomic mass is 10.0. The van der Waals surface area contributed by atoms with Gasteiger partial charge in [-0.1, -0.05) is 48.9 Å². The van der Waals surface area contributed by atoms with E-state index in [4.69, 9.17) is 4.74 Å². The molecule has 2 unspecified atom stereocenters. The van der Waals surface area contributed by atoms with Crippen LogP contribution >= 0.6 is 0 Å². The Bertz CT molecular complexity index is 762. The predicted octanol–water partition coefficient (Wildman–Crippen LogP) is 4.03. The van der Waals surface area contributed by atoms with E-state index in [9.17, 15) is 4.79 Å². The summed E-state index contributed by atoms with van der Waals surface area (Å²) in [6.45, 7) is 4.20. The Labute approximate surface area is 155 Å².